The first kappa shape index (κ1) is 16.4. The van der Waals surface area contributed by atoms with Crippen LogP contribution in [0.5, 0.6) is 0 Å². The van der Waals surface area contributed by atoms with Gasteiger partial charge < -0.3 is 5.11 Å². The molecule has 2 nitrogen and oxygen atoms in total. The summed E-state index contributed by atoms with van der Waals surface area (Å²) in [5.41, 5.74) is -0.719. The maximum absolute atomic E-state index is 12.6. The van der Waals surface area contributed by atoms with Crippen LogP contribution in [0.15, 0.2) is 46.7 Å². The van der Waals surface area contributed by atoms with Gasteiger partial charge in [-0.05, 0) is 49.1 Å². The normalized spacial score (nSPS) is 28.1. The summed E-state index contributed by atoms with van der Waals surface area (Å²) < 4.78 is 12.6. The molecule has 1 aromatic carbocycles. The van der Waals surface area contributed by atoms with Gasteiger partial charge in [-0.1, -0.05) is 45.5 Å². The summed E-state index contributed by atoms with van der Waals surface area (Å²) >= 11 is 0. The van der Waals surface area contributed by atoms with Crippen molar-refractivity contribution in [2.24, 2.45) is 11.3 Å². The first-order valence-corrected chi connectivity index (χ1v) is 8.77. The molecule has 21 heavy (non-hydrogen) atoms. The molecule has 1 saturated carbocycles. The van der Waals surface area contributed by atoms with E-state index in [1.54, 1.807) is 0 Å². The van der Waals surface area contributed by atoms with Gasteiger partial charge in [0.25, 0.3) is 0 Å². The molecule has 0 amide bonds. The summed E-state index contributed by atoms with van der Waals surface area (Å²) in [7, 11) is -1.34. The molecular weight excluding hydrogens is 280 g/mol. The lowest BCUT2D eigenvalue weighted by atomic mass is 9.68. The van der Waals surface area contributed by atoms with Crippen LogP contribution >= 0.6 is 0 Å². The molecule has 0 bridgehead atoms. The highest BCUT2D eigenvalue weighted by Crippen LogP contribution is 2.44. The quantitative estimate of drug-likeness (QED) is 0.905. The van der Waals surface area contributed by atoms with Crippen molar-refractivity contribution in [2.45, 2.75) is 57.0 Å². The summed E-state index contributed by atoms with van der Waals surface area (Å²) in [6.45, 7) is 10.7. The van der Waals surface area contributed by atoms with E-state index < -0.39 is 16.4 Å². The molecule has 1 atom stereocenters. The van der Waals surface area contributed by atoms with Gasteiger partial charge in [0.15, 0.2) is 0 Å². The van der Waals surface area contributed by atoms with Crippen molar-refractivity contribution in [2.75, 3.05) is 0 Å². The van der Waals surface area contributed by atoms with E-state index in [-0.39, 0.29) is 5.41 Å². The molecule has 0 radical (unpaired) electrons. The average molecular weight is 306 g/mol. The van der Waals surface area contributed by atoms with Crippen molar-refractivity contribution in [3.63, 3.8) is 0 Å². The molecule has 116 valence electrons. The fraction of sp³-hybridized carbons (Fsp3) is 0.556. The van der Waals surface area contributed by atoms with Crippen LogP contribution in [-0.2, 0) is 10.8 Å². The van der Waals surface area contributed by atoms with Gasteiger partial charge in [0.2, 0.25) is 0 Å². The second-order valence-electron chi connectivity index (χ2n) is 7.18. The van der Waals surface area contributed by atoms with Crippen LogP contribution in [0, 0.1) is 11.3 Å². The third-order valence-corrected chi connectivity index (χ3v) is 6.27. The molecule has 0 aliphatic heterocycles. The lowest BCUT2D eigenvalue weighted by molar-refractivity contribution is 0.0106. The van der Waals surface area contributed by atoms with Gasteiger partial charge >= 0.3 is 0 Å². The van der Waals surface area contributed by atoms with Crippen molar-refractivity contribution >= 4 is 10.8 Å². The van der Waals surface area contributed by atoms with Crippen LogP contribution in [0.1, 0.15) is 46.5 Å². The molecule has 2 rings (SSSR count). The Morgan fingerprint density at radius 2 is 1.76 bits per heavy atom. The largest absolute Gasteiger partial charge is 0.385 e. The van der Waals surface area contributed by atoms with E-state index in [9.17, 15) is 9.32 Å². The molecule has 1 fully saturated rings. The van der Waals surface area contributed by atoms with E-state index in [2.05, 4.69) is 27.4 Å². The fourth-order valence-corrected chi connectivity index (χ4v) is 4.34. The summed E-state index contributed by atoms with van der Waals surface area (Å²) in [6, 6.07) is 9.27. The smallest absolute Gasteiger partial charge is 0.0977 e. The van der Waals surface area contributed by atoms with Crippen LogP contribution in [0.4, 0.5) is 0 Å². The number of hydrogen-bond donors (Lipinski definition) is 1. The number of hydrogen-bond acceptors (Lipinski definition) is 2. The van der Waals surface area contributed by atoms with Gasteiger partial charge in [-0.3, -0.25) is 0 Å². The average Bonchev–Trinajstić information content (AvgIpc) is 2.46. The Hall–Kier alpha value is -0.930. The zero-order valence-corrected chi connectivity index (χ0v) is 14.1. The molecule has 1 unspecified atom stereocenters. The van der Waals surface area contributed by atoms with Gasteiger partial charge in [0.1, 0.15) is 0 Å². The topological polar surface area (TPSA) is 37.3 Å². The summed E-state index contributed by atoms with van der Waals surface area (Å²) in [5, 5.41) is 10.9. The molecule has 3 heteroatoms. The zero-order chi connectivity index (χ0) is 15.7. The Morgan fingerprint density at radius 3 is 2.24 bits per heavy atom. The van der Waals surface area contributed by atoms with E-state index in [1.165, 1.54) is 0 Å². The van der Waals surface area contributed by atoms with Crippen molar-refractivity contribution in [1.29, 1.82) is 0 Å². The Bertz CT molecular complexity index is 520. The standard InChI is InChI=1S/C18H26O2S/c1-14(21(20)16-8-6-5-7-9-16)18(19)12-10-15(11-13-18)17(2,3)4/h5-9,15,19H,1,10-13H2,2-4H3. The van der Waals surface area contributed by atoms with Crippen molar-refractivity contribution in [3.05, 3.63) is 41.8 Å². The van der Waals surface area contributed by atoms with E-state index in [4.69, 9.17) is 0 Å². The lowest BCUT2D eigenvalue weighted by Gasteiger charge is -2.41. The van der Waals surface area contributed by atoms with E-state index in [1.807, 2.05) is 30.3 Å². The first-order valence-electron chi connectivity index (χ1n) is 7.63. The van der Waals surface area contributed by atoms with Crippen LogP contribution in [0.25, 0.3) is 0 Å². The molecule has 0 aromatic heterocycles. The van der Waals surface area contributed by atoms with E-state index in [0.29, 0.717) is 28.6 Å². The predicted octanol–water partition coefficient (Wildman–Crippen LogP) is 4.28. The molecular formula is C18H26O2S. The molecule has 0 heterocycles. The molecule has 1 N–H and O–H groups in total. The van der Waals surface area contributed by atoms with Crippen LogP contribution in [0.2, 0.25) is 0 Å². The van der Waals surface area contributed by atoms with E-state index >= 15 is 0 Å². The monoisotopic (exact) mass is 306 g/mol. The summed E-state index contributed by atoms with van der Waals surface area (Å²) in [4.78, 5) is 1.18. The Morgan fingerprint density at radius 1 is 1.24 bits per heavy atom. The lowest BCUT2D eigenvalue weighted by Crippen LogP contribution is -2.39. The minimum absolute atomic E-state index is 0.265. The number of benzene rings is 1. The van der Waals surface area contributed by atoms with Crippen LogP contribution in [0.3, 0.4) is 0 Å². The Kier molecular flexibility index (Phi) is 4.74. The highest BCUT2D eigenvalue weighted by atomic mass is 32.2. The third-order valence-electron chi connectivity index (χ3n) is 4.74. The van der Waals surface area contributed by atoms with Gasteiger partial charge in [-0.25, -0.2) is 4.21 Å². The summed E-state index contributed by atoms with van der Waals surface area (Å²) in [5.74, 6) is 0.607. The molecule has 1 aromatic rings. The van der Waals surface area contributed by atoms with Gasteiger partial charge in [0, 0.05) is 9.80 Å². The highest BCUT2D eigenvalue weighted by molar-refractivity contribution is 7.89. The van der Waals surface area contributed by atoms with Gasteiger partial charge in [-0.15, -0.1) is 0 Å². The van der Waals surface area contributed by atoms with Crippen molar-refractivity contribution < 1.29 is 9.32 Å². The SMILES string of the molecule is C=C(S(=O)c1ccccc1)C1(O)CCC(C(C)(C)C)CC1. The Labute approximate surface area is 130 Å². The number of rotatable bonds is 3. The van der Waals surface area contributed by atoms with Crippen molar-refractivity contribution in [3.8, 4) is 0 Å². The second kappa shape index (κ2) is 6.05. The van der Waals surface area contributed by atoms with Gasteiger partial charge in [0.05, 0.1) is 16.4 Å². The fourth-order valence-electron chi connectivity index (χ4n) is 3.10. The number of aliphatic hydroxyl groups is 1. The maximum atomic E-state index is 12.6. The minimum Gasteiger partial charge on any atom is -0.385 e. The minimum atomic E-state index is -1.34. The molecule has 1 aliphatic rings. The van der Waals surface area contributed by atoms with Crippen LogP contribution in [-0.4, -0.2) is 14.9 Å². The molecule has 0 saturated heterocycles. The summed E-state index contributed by atoms with van der Waals surface area (Å²) in [6.07, 6.45) is 3.24. The van der Waals surface area contributed by atoms with E-state index in [0.717, 1.165) is 12.8 Å². The van der Waals surface area contributed by atoms with Crippen LogP contribution < -0.4 is 0 Å². The molecule has 0 spiro atoms. The first-order chi connectivity index (χ1) is 9.74. The third kappa shape index (κ3) is 3.64. The highest BCUT2D eigenvalue weighted by Gasteiger charge is 2.40. The Balaban J connectivity index is 2.08. The maximum Gasteiger partial charge on any atom is 0.0977 e. The second-order valence-corrected chi connectivity index (χ2v) is 8.68. The van der Waals surface area contributed by atoms with Crippen molar-refractivity contribution in [1.82, 2.24) is 0 Å². The molecule has 1 aliphatic carbocycles. The predicted molar refractivity (Wildman–Crippen MR) is 88.4 cm³/mol. The zero-order valence-electron chi connectivity index (χ0n) is 13.3. The van der Waals surface area contributed by atoms with Gasteiger partial charge in [-0.2, -0.15) is 0 Å².